The van der Waals surface area contributed by atoms with Crippen molar-refractivity contribution in [2.45, 2.75) is 381 Å². The summed E-state index contributed by atoms with van der Waals surface area (Å²) >= 11 is 0. The SMILES string of the molecule is CCCCCCCCCCCCCCCCCCCCCC(=O)OC[C@@H](COC(=O)CCCCCCCCCCCCCCC(C)C)OC(=O)CCCCCCCCCCCCCCCCCCCCC. The van der Waals surface area contributed by atoms with Crippen molar-refractivity contribution in [1.82, 2.24) is 0 Å². The third kappa shape index (κ3) is 59.2. The topological polar surface area (TPSA) is 78.9 Å². The number of ether oxygens (including phenoxy) is 3. The van der Waals surface area contributed by atoms with Gasteiger partial charge in [0.15, 0.2) is 6.10 Å². The lowest BCUT2D eigenvalue weighted by Crippen LogP contribution is -2.30. The first-order valence-electron chi connectivity index (χ1n) is 32.4. The molecule has 0 fully saturated rings. The van der Waals surface area contributed by atoms with Gasteiger partial charge in [-0.15, -0.1) is 0 Å². The van der Waals surface area contributed by atoms with Crippen LogP contribution in [0.2, 0.25) is 0 Å². The van der Waals surface area contributed by atoms with Crippen LogP contribution in [-0.4, -0.2) is 37.2 Å². The van der Waals surface area contributed by atoms with Gasteiger partial charge >= 0.3 is 17.9 Å². The third-order valence-corrected chi connectivity index (χ3v) is 15.0. The molecule has 0 saturated heterocycles. The van der Waals surface area contributed by atoms with E-state index in [1.807, 2.05) is 0 Å². The molecule has 0 radical (unpaired) electrons. The highest BCUT2D eigenvalue weighted by Gasteiger charge is 2.19. The molecule has 0 aromatic rings. The van der Waals surface area contributed by atoms with Crippen LogP contribution in [0, 0.1) is 5.92 Å². The van der Waals surface area contributed by atoms with Crippen molar-refractivity contribution in [2.24, 2.45) is 5.92 Å². The molecule has 6 nitrogen and oxygen atoms in total. The zero-order chi connectivity index (χ0) is 51.6. The fourth-order valence-electron chi connectivity index (χ4n) is 10.2. The Bertz CT molecular complexity index is 1070. The summed E-state index contributed by atoms with van der Waals surface area (Å²) in [5, 5.41) is 0. The summed E-state index contributed by atoms with van der Waals surface area (Å²) in [5.74, 6) is 0.00623. The predicted octanol–water partition coefficient (Wildman–Crippen LogP) is 21.7. The van der Waals surface area contributed by atoms with Crippen LogP contribution in [0.1, 0.15) is 374 Å². The van der Waals surface area contributed by atoms with Crippen molar-refractivity contribution < 1.29 is 28.6 Å². The molecule has 0 amide bonds. The third-order valence-electron chi connectivity index (χ3n) is 15.0. The first-order chi connectivity index (χ1) is 34.9. The first kappa shape index (κ1) is 69.4. The maximum atomic E-state index is 12.9. The number of carbonyl (C=O) groups is 3. The fourth-order valence-corrected chi connectivity index (χ4v) is 10.2. The molecule has 0 unspecified atom stereocenters. The Hall–Kier alpha value is -1.59. The molecule has 0 heterocycles. The van der Waals surface area contributed by atoms with Crippen molar-refractivity contribution in [3.05, 3.63) is 0 Å². The van der Waals surface area contributed by atoms with E-state index >= 15 is 0 Å². The van der Waals surface area contributed by atoms with Gasteiger partial charge in [0.1, 0.15) is 13.2 Å². The zero-order valence-electron chi connectivity index (χ0n) is 48.7. The summed E-state index contributed by atoms with van der Waals surface area (Å²) in [6.07, 6.45) is 66.8. The Morgan fingerprint density at radius 2 is 0.465 bits per heavy atom. The molecular weight excluding hydrogens is 877 g/mol. The summed E-state index contributed by atoms with van der Waals surface area (Å²) in [6, 6.07) is 0. The molecule has 0 saturated carbocycles. The molecule has 1 atom stereocenters. The molecule has 422 valence electrons. The van der Waals surface area contributed by atoms with Crippen molar-refractivity contribution in [3.63, 3.8) is 0 Å². The lowest BCUT2D eigenvalue weighted by atomic mass is 10.0. The van der Waals surface area contributed by atoms with Gasteiger partial charge in [-0.2, -0.15) is 0 Å². The largest absolute Gasteiger partial charge is 0.462 e. The lowest BCUT2D eigenvalue weighted by Gasteiger charge is -2.18. The molecule has 0 aliphatic rings. The maximum Gasteiger partial charge on any atom is 0.306 e. The van der Waals surface area contributed by atoms with E-state index in [-0.39, 0.29) is 31.1 Å². The molecule has 0 aliphatic carbocycles. The summed E-state index contributed by atoms with van der Waals surface area (Å²) in [4.78, 5) is 38.3. The molecule has 0 aromatic heterocycles. The molecule has 71 heavy (non-hydrogen) atoms. The summed E-state index contributed by atoms with van der Waals surface area (Å²) in [7, 11) is 0. The fraction of sp³-hybridized carbons (Fsp3) is 0.954. The summed E-state index contributed by atoms with van der Waals surface area (Å²) < 4.78 is 17.0. The highest BCUT2D eigenvalue weighted by molar-refractivity contribution is 5.71. The van der Waals surface area contributed by atoms with Gasteiger partial charge in [-0.25, -0.2) is 0 Å². The van der Waals surface area contributed by atoms with E-state index in [1.54, 1.807) is 0 Å². The molecule has 0 spiro atoms. The second-order valence-electron chi connectivity index (χ2n) is 22.9. The van der Waals surface area contributed by atoms with Crippen LogP contribution < -0.4 is 0 Å². The molecule has 0 aromatic carbocycles. The van der Waals surface area contributed by atoms with Gasteiger partial charge in [0.05, 0.1) is 0 Å². The molecule has 6 heteroatoms. The lowest BCUT2D eigenvalue weighted by molar-refractivity contribution is -0.167. The smallest absolute Gasteiger partial charge is 0.306 e. The molecule has 0 rings (SSSR count). The minimum Gasteiger partial charge on any atom is -0.462 e. The monoisotopic (exact) mass is 1000 g/mol. The summed E-state index contributed by atoms with van der Waals surface area (Å²) in [6.45, 7) is 9.09. The number of hydrogen-bond donors (Lipinski definition) is 0. The van der Waals surface area contributed by atoms with Crippen LogP contribution in [0.25, 0.3) is 0 Å². The predicted molar refractivity (Wildman–Crippen MR) is 307 cm³/mol. The Balaban J connectivity index is 4.27. The number of hydrogen-bond acceptors (Lipinski definition) is 6. The van der Waals surface area contributed by atoms with Crippen molar-refractivity contribution in [2.75, 3.05) is 13.2 Å². The van der Waals surface area contributed by atoms with Crippen LogP contribution in [0.4, 0.5) is 0 Å². The molecule has 0 aliphatic heterocycles. The minimum absolute atomic E-state index is 0.0612. The molecule has 0 N–H and O–H groups in total. The van der Waals surface area contributed by atoms with E-state index in [1.165, 1.54) is 270 Å². The molecule has 0 bridgehead atoms. The van der Waals surface area contributed by atoms with Crippen LogP contribution in [0.15, 0.2) is 0 Å². The number of unbranched alkanes of at least 4 members (excludes halogenated alkanes) is 47. The van der Waals surface area contributed by atoms with Crippen LogP contribution in [0.3, 0.4) is 0 Å². The van der Waals surface area contributed by atoms with Crippen molar-refractivity contribution in [3.8, 4) is 0 Å². The van der Waals surface area contributed by atoms with Gasteiger partial charge in [0.2, 0.25) is 0 Å². The average molecular weight is 1000 g/mol. The highest BCUT2D eigenvalue weighted by Crippen LogP contribution is 2.19. The minimum atomic E-state index is -0.763. The summed E-state index contributed by atoms with van der Waals surface area (Å²) in [5.41, 5.74) is 0. The maximum absolute atomic E-state index is 12.9. The number of carbonyl (C=O) groups excluding carboxylic acids is 3. The van der Waals surface area contributed by atoms with E-state index in [9.17, 15) is 14.4 Å². The van der Waals surface area contributed by atoms with Gasteiger partial charge in [0.25, 0.3) is 0 Å². The standard InChI is InChI=1S/C65H126O6/c1-5-7-9-11-13-15-17-19-21-23-25-27-29-31-36-40-44-48-52-56-63(66)69-59-62(60-70-64(67)57-53-49-45-41-37-34-33-35-39-43-47-51-55-61(3)4)71-65(68)58-54-50-46-42-38-32-30-28-26-24-22-20-18-16-14-12-10-8-6-2/h61-62H,5-60H2,1-4H3/t62-/m0/s1. The second-order valence-corrected chi connectivity index (χ2v) is 22.9. The van der Waals surface area contributed by atoms with E-state index < -0.39 is 6.10 Å². The quantitative estimate of drug-likeness (QED) is 0.0343. The molecular formula is C65H126O6. The van der Waals surface area contributed by atoms with Crippen LogP contribution >= 0.6 is 0 Å². The van der Waals surface area contributed by atoms with Crippen LogP contribution in [-0.2, 0) is 28.6 Å². The van der Waals surface area contributed by atoms with Gasteiger partial charge in [-0.3, -0.25) is 14.4 Å². The van der Waals surface area contributed by atoms with Gasteiger partial charge < -0.3 is 14.2 Å². The highest BCUT2D eigenvalue weighted by atomic mass is 16.6. The number of esters is 3. The number of rotatable bonds is 60. The Kier molecular flexibility index (Phi) is 58.0. The Morgan fingerprint density at radius 1 is 0.268 bits per heavy atom. The van der Waals surface area contributed by atoms with Crippen molar-refractivity contribution in [1.29, 1.82) is 0 Å². The van der Waals surface area contributed by atoms with Crippen molar-refractivity contribution >= 4 is 17.9 Å². The van der Waals surface area contributed by atoms with E-state index in [0.717, 1.165) is 63.7 Å². The average Bonchev–Trinajstić information content (AvgIpc) is 3.36. The van der Waals surface area contributed by atoms with E-state index in [2.05, 4.69) is 27.7 Å². The van der Waals surface area contributed by atoms with E-state index in [0.29, 0.717) is 19.3 Å². The Labute approximate surface area is 444 Å². The Morgan fingerprint density at radius 3 is 0.690 bits per heavy atom. The van der Waals surface area contributed by atoms with Gasteiger partial charge in [-0.05, 0) is 25.2 Å². The second kappa shape index (κ2) is 59.3. The van der Waals surface area contributed by atoms with E-state index in [4.69, 9.17) is 14.2 Å². The van der Waals surface area contributed by atoms with Crippen LogP contribution in [0.5, 0.6) is 0 Å². The first-order valence-corrected chi connectivity index (χ1v) is 32.4. The van der Waals surface area contributed by atoms with Gasteiger partial charge in [0, 0.05) is 19.3 Å². The normalized spacial score (nSPS) is 12.0. The van der Waals surface area contributed by atoms with Gasteiger partial charge in [-0.1, -0.05) is 336 Å². The zero-order valence-corrected chi connectivity index (χ0v) is 48.7.